The van der Waals surface area contributed by atoms with Crippen LogP contribution in [0.15, 0.2) is 52.7 Å². The SMILES string of the molecule is O=C(COC(=O)CSc1cc(Cl)ccc1Cl)Nc1nc(-c2ccc(F)cc2)cs1. The molecular weight excluding hydrogens is 458 g/mol. The maximum Gasteiger partial charge on any atom is 0.316 e. The van der Waals surface area contributed by atoms with E-state index in [0.29, 0.717) is 25.8 Å². The smallest absolute Gasteiger partial charge is 0.316 e. The number of amides is 1. The Labute approximate surface area is 184 Å². The number of hydrogen-bond acceptors (Lipinski definition) is 6. The highest BCUT2D eigenvalue weighted by atomic mass is 35.5. The molecular formula is C19H13Cl2FN2O3S2. The van der Waals surface area contributed by atoms with E-state index >= 15 is 0 Å². The van der Waals surface area contributed by atoms with Crippen LogP contribution in [0, 0.1) is 5.82 Å². The Balaban J connectivity index is 1.45. The van der Waals surface area contributed by atoms with E-state index in [1.807, 2.05) is 0 Å². The number of hydrogen-bond donors (Lipinski definition) is 1. The quantitative estimate of drug-likeness (QED) is 0.363. The summed E-state index contributed by atoms with van der Waals surface area (Å²) in [6.07, 6.45) is 0. The largest absolute Gasteiger partial charge is 0.455 e. The molecule has 1 N–H and O–H groups in total. The van der Waals surface area contributed by atoms with Gasteiger partial charge in [0.2, 0.25) is 0 Å². The standard InChI is InChI=1S/C19H13Cl2FN2O3S2/c20-12-3-6-14(21)16(7-12)28-10-18(26)27-8-17(25)24-19-23-15(9-29-19)11-1-4-13(22)5-2-11/h1-7,9H,8,10H2,(H,23,24,25). The Morgan fingerprint density at radius 2 is 1.93 bits per heavy atom. The van der Waals surface area contributed by atoms with Gasteiger partial charge in [-0.05, 0) is 42.5 Å². The van der Waals surface area contributed by atoms with E-state index in [9.17, 15) is 14.0 Å². The Morgan fingerprint density at radius 1 is 1.17 bits per heavy atom. The summed E-state index contributed by atoms with van der Waals surface area (Å²) < 4.78 is 17.9. The molecule has 0 atom stereocenters. The van der Waals surface area contributed by atoms with Crippen LogP contribution in [-0.2, 0) is 14.3 Å². The first-order valence-corrected chi connectivity index (χ1v) is 10.8. The molecule has 10 heteroatoms. The molecule has 0 saturated carbocycles. The molecule has 0 unspecified atom stereocenters. The molecule has 0 saturated heterocycles. The molecule has 1 amide bonds. The molecule has 150 valence electrons. The van der Waals surface area contributed by atoms with Gasteiger partial charge in [0.1, 0.15) is 5.82 Å². The maximum atomic E-state index is 13.0. The van der Waals surface area contributed by atoms with Gasteiger partial charge in [-0.15, -0.1) is 23.1 Å². The van der Waals surface area contributed by atoms with Gasteiger partial charge in [0.25, 0.3) is 5.91 Å². The molecule has 0 bridgehead atoms. The van der Waals surface area contributed by atoms with Crippen molar-refractivity contribution in [1.29, 1.82) is 0 Å². The normalized spacial score (nSPS) is 10.6. The summed E-state index contributed by atoms with van der Waals surface area (Å²) in [6, 6.07) is 10.8. The molecule has 1 aromatic heterocycles. The maximum absolute atomic E-state index is 13.0. The van der Waals surface area contributed by atoms with Gasteiger partial charge in [0, 0.05) is 20.9 Å². The number of anilines is 1. The second kappa shape index (κ2) is 10.1. The minimum Gasteiger partial charge on any atom is -0.455 e. The van der Waals surface area contributed by atoms with Gasteiger partial charge in [-0.2, -0.15) is 0 Å². The molecule has 0 aliphatic rings. The molecule has 29 heavy (non-hydrogen) atoms. The lowest BCUT2D eigenvalue weighted by Gasteiger charge is -2.06. The number of thiazole rings is 1. The summed E-state index contributed by atoms with van der Waals surface area (Å²) in [5.41, 5.74) is 1.34. The fraction of sp³-hybridized carbons (Fsp3) is 0.105. The Kier molecular flexibility index (Phi) is 7.49. The highest BCUT2D eigenvalue weighted by Crippen LogP contribution is 2.30. The zero-order valence-corrected chi connectivity index (χ0v) is 17.8. The van der Waals surface area contributed by atoms with Gasteiger partial charge in [0.05, 0.1) is 16.5 Å². The van der Waals surface area contributed by atoms with Gasteiger partial charge >= 0.3 is 5.97 Å². The Hall–Kier alpha value is -2.13. The van der Waals surface area contributed by atoms with E-state index in [1.54, 1.807) is 35.7 Å². The number of carbonyl (C=O) groups is 2. The number of nitrogens with one attached hydrogen (secondary N) is 1. The second-order valence-electron chi connectivity index (χ2n) is 5.62. The van der Waals surface area contributed by atoms with Crippen molar-refractivity contribution in [3.63, 3.8) is 0 Å². The minimum atomic E-state index is -0.563. The average molecular weight is 471 g/mol. The zero-order valence-electron chi connectivity index (χ0n) is 14.7. The van der Waals surface area contributed by atoms with Crippen LogP contribution in [0.1, 0.15) is 0 Å². The number of benzene rings is 2. The van der Waals surface area contributed by atoms with Crippen LogP contribution in [0.25, 0.3) is 11.3 Å². The van der Waals surface area contributed by atoms with Gasteiger partial charge in [-0.3, -0.25) is 14.9 Å². The van der Waals surface area contributed by atoms with Crippen LogP contribution in [0.2, 0.25) is 10.0 Å². The number of nitrogens with zero attached hydrogens (tertiary/aromatic N) is 1. The van der Waals surface area contributed by atoms with Crippen LogP contribution in [-0.4, -0.2) is 29.2 Å². The predicted molar refractivity (Wildman–Crippen MR) is 114 cm³/mol. The molecule has 0 spiro atoms. The van der Waals surface area contributed by atoms with E-state index in [2.05, 4.69) is 10.3 Å². The summed E-state index contributed by atoms with van der Waals surface area (Å²) in [4.78, 5) is 28.7. The lowest BCUT2D eigenvalue weighted by atomic mass is 10.2. The monoisotopic (exact) mass is 470 g/mol. The second-order valence-corrected chi connectivity index (χ2v) is 8.34. The van der Waals surface area contributed by atoms with Crippen LogP contribution >= 0.6 is 46.3 Å². The van der Waals surface area contributed by atoms with Gasteiger partial charge in [-0.25, -0.2) is 9.37 Å². The third-order valence-electron chi connectivity index (χ3n) is 3.49. The molecule has 1 heterocycles. The molecule has 3 rings (SSSR count). The van der Waals surface area contributed by atoms with Crippen molar-refractivity contribution >= 4 is 63.3 Å². The van der Waals surface area contributed by atoms with Gasteiger partial charge in [-0.1, -0.05) is 23.2 Å². The molecule has 0 aliphatic carbocycles. The highest BCUT2D eigenvalue weighted by Gasteiger charge is 2.12. The van der Waals surface area contributed by atoms with Gasteiger partial charge in [0.15, 0.2) is 11.7 Å². The number of ether oxygens (including phenoxy) is 1. The minimum absolute atomic E-state index is 0.0146. The number of carbonyl (C=O) groups excluding carboxylic acids is 2. The summed E-state index contributed by atoms with van der Waals surface area (Å²) in [7, 11) is 0. The van der Waals surface area contributed by atoms with Crippen molar-refractivity contribution in [2.75, 3.05) is 17.7 Å². The summed E-state index contributed by atoms with van der Waals surface area (Å²) in [5.74, 6) is -1.43. The van der Waals surface area contributed by atoms with Crippen molar-refractivity contribution < 1.29 is 18.7 Å². The fourth-order valence-electron chi connectivity index (χ4n) is 2.15. The molecule has 3 aromatic rings. The van der Waals surface area contributed by atoms with E-state index in [4.69, 9.17) is 27.9 Å². The van der Waals surface area contributed by atoms with Crippen molar-refractivity contribution in [2.45, 2.75) is 4.90 Å². The van der Waals surface area contributed by atoms with Gasteiger partial charge < -0.3 is 4.74 Å². The van der Waals surface area contributed by atoms with E-state index in [1.165, 1.54) is 35.2 Å². The van der Waals surface area contributed by atoms with Crippen LogP contribution < -0.4 is 5.32 Å². The topological polar surface area (TPSA) is 68.3 Å². The average Bonchev–Trinajstić information content (AvgIpc) is 3.16. The van der Waals surface area contributed by atoms with E-state index in [-0.39, 0.29) is 11.6 Å². The van der Waals surface area contributed by atoms with E-state index < -0.39 is 18.5 Å². The van der Waals surface area contributed by atoms with Crippen molar-refractivity contribution in [2.24, 2.45) is 0 Å². The third kappa shape index (κ3) is 6.43. The number of thioether (sulfide) groups is 1. The number of aromatic nitrogens is 1. The first-order chi connectivity index (χ1) is 13.9. The predicted octanol–water partition coefficient (Wildman–Crippen LogP) is 5.53. The molecule has 0 radical (unpaired) electrons. The van der Waals surface area contributed by atoms with Crippen molar-refractivity contribution in [3.05, 3.63) is 63.7 Å². The lowest BCUT2D eigenvalue weighted by molar-refractivity contribution is -0.144. The first-order valence-electron chi connectivity index (χ1n) is 8.15. The number of halogens is 3. The van der Waals surface area contributed by atoms with Crippen LogP contribution in [0.3, 0.4) is 0 Å². The first kappa shape index (κ1) is 21.6. The lowest BCUT2D eigenvalue weighted by Crippen LogP contribution is -2.21. The summed E-state index contributed by atoms with van der Waals surface area (Å²) >= 11 is 14.3. The number of esters is 1. The number of rotatable bonds is 7. The van der Waals surface area contributed by atoms with Crippen molar-refractivity contribution in [3.8, 4) is 11.3 Å². The fourth-order valence-corrected chi connectivity index (χ4v) is 4.18. The molecule has 2 aromatic carbocycles. The summed E-state index contributed by atoms with van der Waals surface area (Å²) in [6.45, 7) is -0.436. The van der Waals surface area contributed by atoms with E-state index in [0.717, 1.165) is 5.56 Å². The molecule has 0 aliphatic heterocycles. The summed E-state index contributed by atoms with van der Waals surface area (Å²) in [5, 5.41) is 5.63. The molecule has 5 nitrogen and oxygen atoms in total. The third-order valence-corrected chi connectivity index (χ3v) is 5.96. The Bertz CT molecular complexity index is 1030. The van der Waals surface area contributed by atoms with Crippen LogP contribution in [0.4, 0.5) is 9.52 Å². The highest BCUT2D eigenvalue weighted by molar-refractivity contribution is 8.00. The zero-order chi connectivity index (χ0) is 20.8. The van der Waals surface area contributed by atoms with Crippen LogP contribution in [0.5, 0.6) is 0 Å². The molecule has 0 fully saturated rings. The van der Waals surface area contributed by atoms with Crippen molar-refractivity contribution in [1.82, 2.24) is 4.98 Å². The Morgan fingerprint density at radius 3 is 2.69 bits per heavy atom.